The molecule has 0 saturated carbocycles. The summed E-state index contributed by atoms with van der Waals surface area (Å²) in [5.41, 5.74) is 1.65. The first-order valence-corrected chi connectivity index (χ1v) is 9.36. The van der Waals surface area contributed by atoms with Gasteiger partial charge in [0.2, 0.25) is 5.91 Å². The summed E-state index contributed by atoms with van der Waals surface area (Å²) in [5.74, 6) is 1.17. The molecule has 0 fully saturated rings. The zero-order chi connectivity index (χ0) is 19.9. The molecule has 1 aromatic heterocycles. The van der Waals surface area contributed by atoms with Crippen molar-refractivity contribution in [2.24, 2.45) is 0 Å². The van der Waals surface area contributed by atoms with Gasteiger partial charge in [0.05, 0.1) is 24.7 Å². The molecular formula is C21H25N3O4. The van der Waals surface area contributed by atoms with Gasteiger partial charge < -0.3 is 14.8 Å². The number of hydrogen-bond donors (Lipinski definition) is 1. The Hall–Kier alpha value is -3.22. The Bertz CT molecular complexity index is 1010. The van der Waals surface area contributed by atoms with Crippen LogP contribution in [0.4, 0.5) is 0 Å². The normalized spacial score (nSPS) is 10.8. The quantitative estimate of drug-likeness (QED) is 0.576. The van der Waals surface area contributed by atoms with Crippen LogP contribution < -0.4 is 20.5 Å². The van der Waals surface area contributed by atoms with E-state index >= 15 is 0 Å². The maximum Gasteiger partial charge on any atom is 0.329 e. The van der Waals surface area contributed by atoms with Gasteiger partial charge in [-0.1, -0.05) is 24.3 Å². The van der Waals surface area contributed by atoms with E-state index in [0.717, 1.165) is 11.0 Å². The molecule has 148 valence electrons. The van der Waals surface area contributed by atoms with Crippen LogP contribution >= 0.6 is 0 Å². The van der Waals surface area contributed by atoms with Gasteiger partial charge in [-0.2, -0.15) is 0 Å². The SMILES string of the molecule is CCn1c(=O)n(CCC(=O)NCCOc2ccccc2OC)c2ccccc21. The molecule has 0 atom stereocenters. The number of aryl methyl sites for hydroxylation is 2. The predicted octanol–water partition coefficient (Wildman–Crippen LogP) is 2.42. The topological polar surface area (TPSA) is 74.5 Å². The first-order valence-electron chi connectivity index (χ1n) is 9.36. The summed E-state index contributed by atoms with van der Waals surface area (Å²) in [6, 6.07) is 15.0. The van der Waals surface area contributed by atoms with Gasteiger partial charge in [-0.05, 0) is 31.2 Å². The number of fused-ring (bicyclic) bond motifs is 1. The van der Waals surface area contributed by atoms with Crippen molar-refractivity contribution in [3.63, 3.8) is 0 Å². The minimum Gasteiger partial charge on any atom is -0.493 e. The highest BCUT2D eigenvalue weighted by Gasteiger charge is 2.12. The van der Waals surface area contributed by atoms with Crippen molar-refractivity contribution < 1.29 is 14.3 Å². The van der Waals surface area contributed by atoms with Crippen molar-refractivity contribution in [3.05, 3.63) is 59.0 Å². The molecule has 1 N–H and O–H groups in total. The lowest BCUT2D eigenvalue weighted by Gasteiger charge is -2.11. The zero-order valence-electron chi connectivity index (χ0n) is 16.2. The second-order valence-corrected chi connectivity index (χ2v) is 6.27. The highest BCUT2D eigenvalue weighted by Crippen LogP contribution is 2.25. The van der Waals surface area contributed by atoms with Crippen molar-refractivity contribution in [2.45, 2.75) is 26.4 Å². The molecule has 2 aromatic carbocycles. The number of methoxy groups -OCH3 is 1. The molecule has 0 unspecified atom stereocenters. The van der Waals surface area contributed by atoms with Crippen LogP contribution in [0.25, 0.3) is 11.0 Å². The van der Waals surface area contributed by atoms with Gasteiger partial charge in [-0.15, -0.1) is 0 Å². The van der Waals surface area contributed by atoms with Crippen molar-refractivity contribution in [1.82, 2.24) is 14.5 Å². The van der Waals surface area contributed by atoms with E-state index in [1.54, 1.807) is 16.2 Å². The van der Waals surface area contributed by atoms with E-state index in [1.807, 2.05) is 55.5 Å². The predicted molar refractivity (Wildman–Crippen MR) is 108 cm³/mol. The van der Waals surface area contributed by atoms with Crippen LogP contribution in [0.2, 0.25) is 0 Å². The maximum absolute atomic E-state index is 12.6. The Kier molecular flexibility index (Phi) is 6.37. The molecule has 0 aliphatic carbocycles. The first kappa shape index (κ1) is 19.5. The summed E-state index contributed by atoms with van der Waals surface area (Å²) in [6.45, 7) is 3.58. The zero-order valence-corrected chi connectivity index (χ0v) is 16.2. The summed E-state index contributed by atoms with van der Waals surface area (Å²) in [5, 5.41) is 2.82. The van der Waals surface area contributed by atoms with Crippen molar-refractivity contribution in [3.8, 4) is 11.5 Å². The maximum atomic E-state index is 12.6. The van der Waals surface area contributed by atoms with Crippen molar-refractivity contribution >= 4 is 16.9 Å². The van der Waals surface area contributed by atoms with E-state index < -0.39 is 0 Å². The molecule has 0 aliphatic heterocycles. The number of benzene rings is 2. The number of hydrogen-bond acceptors (Lipinski definition) is 4. The van der Waals surface area contributed by atoms with E-state index in [9.17, 15) is 9.59 Å². The number of nitrogens with one attached hydrogen (secondary N) is 1. The fourth-order valence-electron chi connectivity index (χ4n) is 3.19. The Morgan fingerprint density at radius 1 is 1.00 bits per heavy atom. The molecule has 0 spiro atoms. The Morgan fingerprint density at radius 2 is 1.64 bits per heavy atom. The van der Waals surface area contributed by atoms with Gasteiger partial charge in [0.15, 0.2) is 11.5 Å². The minimum atomic E-state index is -0.121. The molecule has 7 heteroatoms. The highest BCUT2D eigenvalue weighted by atomic mass is 16.5. The standard InChI is InChI=1S/C21H25N3O4/c1-3-23-16-8-4-5-9-17(16)24(21(23)26)14-12-20(25)22-13-15-28-19-11-7-6-10-18(19)27-2/h4-11H,3,12-15H2,1-2H3,(H,22,25). The van der Waals surface area contributed by atoms with Gasteiger partial charge in [-0.25, -0.2) is 4.79 Å². The van der Waals surface area contributed by atoms with Crippen LogP contribution in [-0.2, 0) is 17.9 Å². The molecule has 28 heavy (non-hydrogen) atoms. The number of ether oxygens (including phenoxy) is 2. The number of carbonyl (C=O) groups excluding carboxylic acids is 1. The number of aromatic nitrogens is 2. The average Bonchev–Trinajstić information content (AvgIpc) is 3.00. The van der Waals surface area contributed by atoms with E-state index in [-0.39, 0.29) is 18.0 Å². The summed E-state index contributed by atoms with van der Waals surface area (Å²) < 4.78 is 14.2. The lowest BCUT2D eigenvalue weighted by atomic mass is 10.3. The molecule has 1 heterocycles. The minimum absolute atomic E-state index is 0.0870. The van der Waals surface area contributed by atoms with Crippen LogP contribution in [0.15, 0.2) is 53.3 Å². The molecule has 3 aromatic rings. The van der Waals surface area contributed by atoms with E-state index in [4.69, 9.17) is 9.47 Å². The van der Waals surface area contributed by atoms with Gasteiger partial charge in [0.1, 0.15) is 6.61 Å². The van der Waals surface area contributed by atoms with Crippen LogP contribution in [0.1, 0.15) is 13.3 Å². The second kappa shape index (κ2) is 9.12. The molecule has 1 amide bonds. The molecule has 0 aliphatic rings. The van der Waals surface area contributed by atoms with Crippen molar-refractivity contribution in [2.75, 3.05) is 20.3 Å². The monoisotopic (exact) mass is 383 g/mol. The Morgan fingerprint density at radius 3 is 2.32 bits per heavy atom. The fourth-order valence-corrected chi connectivity index (χ4v) is 3.19. The van der Waals surface area contributed by atoms with Crippen LogP contribution in [0.5, 0.6) is 11.5 Å². The summed E-state index contributed by atoms with van der Waals surface area (Å²) >= 11 is 0. The third-order valence-electron chi connectivity index (χ3n) is 4.55. The lowest BCUT2D eigenvalue weighted by molar-refractivity contribution is -0.121. The summed E-state index contributed by atoms with van der Waals surface area (Å²) in [7, 11) is 1.58. The number of para-hydroxylation sites is 4. The van der Waals surface area contributed by atoms with E-state index in [1.165, 1.54) is 0 Å². The molecule has 3 rings (SSSR count). The molecular weight excluding hydrogens is 358 g/mol. The number of carbonyl (C=O) groups is 1. The largest absolute Gasteiger partial charge is 0.493 e. The van der Waals surface area contributed by atoms with Gasteiger partial charge in [-0.3, -0.25) is 13.9 Å². The molecule has 0 radical (unpaired) electrons. The van der Waals surface area contributed by atoms with Gasteiger partial charge >= 0.3 is 5.69 Å². The smallest absolute Gasteiger partial charge is 0.329 e. The van der Waals surface area contributed by atoms with Gasteiger partial charge in [0.25, 0.3) is 0 Å². The molecule has 7 nitrogen and oxygen atoms in total. The lowest BCUT2D eigenvalue weighted by Crippen LogP contribution is -2.30. The summed E-state index contributed by atoms with van der Waals surface area (Å²) in [6.07, 6.45) is 0.228. The number of amides is 1. The highest BCUT2D eigenvalue weighted by molar-refractivity contribution is 5.78. The second-order valence-electron chi connectivity index (χ2n) is 6.27. The Balaban J connectivity index is 1.52. The molecule has 0 saturated heterocycles. The first-order chi connectivity index (χ1) is 13.7. The molecule has 0 bridgehead atoms. The fraction of sp³-hybridized carbons (Fsp3) is 0.333. The number of rotatable bonds is 9. The van der Waals surface area contributed by atoms with Crippen LogP contribution in [0.3, 0.4) is 0 Å². The third kappa shape index (κ3) is 4.19. The van der Waals surface area contributed by atoms with Crippen LogP contribution in [-0.4, -0.2) is 35.3 Å². The third-order valence-corrected chi connectivity index (χ3v) is 4.55. The number of nitrogens with zero attached hydrogens (tertiary/aromatic N) is 2. The van der Waals surface area contributed by atoms with Crippen molar-refractivity contribution in [1.29, 1.82) is 0 Å². The Labute approximate surface area is 163 Å². The van der Waals surface area contributed by atoms with E-state index in [0.29, 0.717) is 37.7 Å². The summed E-state index contributed by atoms with van der Waals surface area (Å²) in [4.78, 5) is 24.7. The van der Waals surface area contributed by atoms with E-state index in [2.05, 4.69) is 5.32 Å². The number of imidazole rings is 1. The average molecular weight is 383 g/mol. The van der Waals surface area contributed by atoms with Gasteiger partial charge in [0, 0.05) is 19.5 Å². The van der Waals surface area contributed by atoms with Crippen LogP contribution in [0, 0.1) is 0 Å².